The largest absolute Gasteiger partial charge is 0.360 e. The summed E-state index contributed by atoms with van der Waals surface area (Å²) in [6.07, 6.45) is 0. The zero-order valence-electron chi connectivity index (χ0n) is 14.9. The Balaban J connectivity index is 1.72. The molecule has 0 unspecified atom stereocenters. The molecule has 0 radical (unpaired) electrons. The van der Waals surface area contributed by atoms with Crippen LogP contribution in [0.25, 0.3) is 0 Å². The molecule has 1 heterocycles. The Morgan fingerprint density at radius 1 is 1.07 bits per heavy atom. The van der Waals surface area contributed by atoms with Gasteiger partial charge in [0.1, 0.15) is 5.76 Å². The van der Waals surface area contributed by atoms with E-state index in [1.54, 1.807) is 13.0 Å². The number of rotatable bonds is 6. The normalized spacial score (nSPS) is 11.2. The van der Waals surface area contributed by atoms with Gasteiger partial charge >= 0.3 is 0 Å². The number of benzene rings is 2. The number of hydrogen-bond acceptors (Lipinski definition) is 5. The molecule has 0 fully saturated rings. The van der Waals surface area contributed by atoms with Crippen LogP contribution in [0.15, 0.2) is 64.0 Å². The third-order valence-corrected chi connectivity index (χ3v) is 5.20. The highest BCUT2D eigenvalue weighted by Crippen LogP contribution is 2.17. The number of aromatic nitrogens is 1. The summed E-state index contributed by atoms with van der Waals surface area (Å²) in [4.78, 5) is 12.3. The van der Waals surface area contributed by atoms with Gasteiger partial charge in [-0.1, -0.05) is 41.1 Å². The second-order valence-corrected chi connectivity index (χ2v) is 7.81. The topological polar surface area (TPSA) is 101 Å². The van der Waals surface area contributed by atoms with Gasteiger partial charge in [0, 0.05) is 18.2 Å². The van der Waals surface area contributed by atoms with Crippen LogP contribution in [0.3, 0.4) is 0 Å². The lowest BCUT2D eigenvalue weighted by Crippen LogP contribution is -2.23. The average molecular weight is 385 g/mol. The number of amides is 1. The number of aryl methyl sites for hydroxylation is 2. The van der Waals surface area contributed by atoms with Crippen molar-refractivity contribution < 1.29 is 17.7 Å². The van der Waals surface area contributed by atoms with E-state index in [1.807, 2.05) is 31.2 Å². The van der Waals surface area contributed by atoms with Crippen LogP contribution in [0.5, 0.6) is 0 Å². The van der Waals surface area contributed by atoms with E-state index in [2.05, 4.69) is 15.2 Å². The molecule has 3 rings (SSSR count). The maximum Gasteiger partial charge on any atom is 0.263 e. The van der Waals surface area contributed by atoms with E-state index in [0.717, 1.165) is 11.1 Å². The van der Waals surface area contributed by atoms with Gasteiger partial charge in [-0.2, -0.15) is 0 Å². The van der Waals surface area contributed by atoms with Crippen LogP contribution >= 0.6 is 0 Å². The van der Waals surface area contributed by atoms with Crippen molar-refractivity contribution in [2.24, 2.45) is 0 Å². The zero-order valence-corrected chi connectivity index (χ0v) is 15.7. The van der Waals surface area contributed by atoms with Gasteiger partial charge in [-0.25, -0.2) is 8.42 Å². The van der Waals surface area contributed by atoms with E-state index in [4.69, 9.17) is 4.52 Å². The highest BCUT2D eigenvalue weighted by molar-refractivity contribution is 7.92. The summed E-state index contributed by atoms with van der Waals surface area (Å²) >= 11 is 0. The molecule has 0 atom stereocenters. The van der Waals surface area contributed by atoms with E-state index < -0.39 is 10.0 Å². The van der Waals surface area contributed by atoms with Crippen molar-refractivity contribution >= 4 is 21.7 Å². The molecule has 27 heavy (non-hydrogen) atoms. The first-order valence-electron chi connectivity index (χ1n) is 8.23. The Hall–Kier alpha value is -3.13. The molecule has 0 aliphatic heterocycles. The van der Waals surface area contributed by atoms with Crippen molar-refractivity contribution in [3.8, 4) is 0 Å². The molecule has 0 saturated heterocycles. The molecule has 0 saturated carbocycles. The number of carbonyl (C=O) groups excluding carboxylic acids is 1. The Kier molecular flexibility index (Phi) is 5.27. The Morgan fingerprint density at radius 3 is 2.48 bits per heavy atom. The fraction of sp³-hybridized carbons (Fsp3) is 0.158. The predicted octanol–water partition coefficient (Wildman–Crippen LogP) is 3.02. The van der Waals surface area contributed by atoms with Crippen LogP contribution in [-0.2, 0) is 16.6 Å². The third-order valence-electron chi connectivity index (χ3n) is 3.85. The summed E-state index contributed by atoms with van der Waals surface area (Å²) < 4.78 is 32.1. The maximum absolute atomic E-state index is 12.5. The van der Waals surface area contributed by atoms with Gasteiger partial charge in [0.05, 0.1) is 4.90 Å². The molecule has 0 bridgehead atoms. The summed E-state index contributed by atoms with van der Waals surface area (Å²) in [6, 6.07) is 15.1. The first kappa shape index (κ1) is 18.7. The smallest absolute Gasteiger partial charge is 0.263 e. The van der Waals surface area contributed by atoms with Gasteiger partial charge in [0.2, 0.25) is 0 Å². The van der Waals surface area contributed by atoms with E-state index in [1.165, 1.54) is 24.3 Å². The average Bonchev–Trinajstić information content (AvgIpc) is 3.05. The van der Waals surface area contributed by atoms with Crippen molar-refractivity contribution in [2.75, 3.05) is 4.72 Å². The van der Waals surface area contributed by atoms with Crippen LogP contribution in [-0.4, -0.2) is 19.5 Å². The van der Waals surface area contributed by atoms with Gasteiger partial charge in [-0.3, -0.25) is 9.52 Å². The van der Waals surface area contributed by atoms with Crippen LogP contribution < -0.4 is 10.0 Å². The molecule has 1 amide bonds. The fourth-order valence-corrected chi connectivity index (χ4v) is 3.44. The van der Waals surface area contributed by atoms with Crippen molar-refractivity contribution in [1.82, 2.24) is 10.5 Å². The predicted molar refractivity (Wildman–Crippen MR) is 101 cm³/mol. The number of carbonyl (C=O) groups is 1. The van der Waals surface area contributed by atoms with Gasteiger partial charge in [-0.05, 0) is 37.6 Å². The van der Waals surface area contributed by atoms with Gasteiger partial charge in [0.25, 0.3) is 15.9 Å². The molecule has 0 aliphatic carbocycles. The quantitative estimate of drug-likeness (QED) is 0.679. The van der Waals surface area contributed by atoms with E-state index in [0.29, 0.717) is 12.3 Å². The van der Waals surface area contributed by atoms with Crippen LogP contribution in [0.1, 0.15) is 27.2 Å². The number of nitrogens with zero attached hydrogens (tertiary/aromatic N) is 1. The molecule has 0 aliphatic rings. The molecule has 2 N–H and O–H groups in total. The second kappa shape index (κ2) is 7.63. The zero-order chi connectivity index (χ0) is 19.4. The van der Waals surface area contributed by atoms with Crippen molar-refractivity contribution in [3.63, 3.8) is 0 Å². The Morgan fingerprint density at radius 2 is 1.81 bits per heavy atom. The lowest BCUT2D eigenvalue weighted by molar-refractivity contribution is 0.0950. The Bertz CT molecular complexity index is 1060. The summed E-state index contributed by atoms with van der Waals surface area (Å²) in [5, 5.41) is 6.39. The SMILES string of the molecule is Cc1ccc(CNC(=O)c2cccc(S(=O)(=O)Nc3cc(C)on3)c2)cc1. The molecule has 140 valence electrons. The second-order valence-electron chi connectivity index (χ2n) is 6.12. The molecule has 0 spiro atoms. The Labute approximate surface area is 157 Å². The summed E-state index contributed by atoms with van der Waals surface area (Å²) in [6.45, 7) is 4.00. The minimum Gasteiger partial charge on any atom is -0.360 e. The summed E-state index contributed by atoms with van der Waals surface area (Å²) in [7, 11) is -3.88. The lowest BCUT2D eigenvalue weighted by atomic mass is 10.1. The van der Waals surface area contributed by atoms with Gasteiger partial charge in [0.15, 0.2) is 5.82 Å². The first-order valence-corrected chi connectivity index (χ1v) is 9.72. The number of nitrogens with one attached hydrogen (secondary N) is 2. The monoisotopic (exact) mass is 385 g/mol. The van der Waals surface area contributed by atoms with E-state index >= 15 is 0 Å². The van der Waals surface area contributed by atoms with E-state index in [-0.39, 0.29) is 22.2 Å². The van der Waals surface area contributed by atoms with Gasteiger partial charge < -0.3 is 9.84 Å². The lowest BCUT2D eigenvalue weighted by Gasteiger charge is -2.08. The van der Waals surface area contributed by atoms with Crippen LogP contribution in [0.4, 0.5) is 5.82 Å². The van der Waals surface area contributed by atoms with Crippen LogP contribution in [0.2, 0.25) is 0 Å². The van der Waals surface area contributed by atoms with Crippen molar-refractivity contribution in [2.45, 2.75) is 25.3 Å². The molecule has 7 nitrogen and oxygen atoms in total. The molecular weight excluding hydrogens is 366 g/mol. The number of sulfonamides is 1. The highest BCUT2D eigenvalue weighted by atomic mass is 32.2. The van der Waals surface area contributed by atoms with Crippen LogP contribution in [0, 0.1) is 13.8 Å². The van der Waals surface area contributed by atoms with Crippen molar-refractivity contribution in [3.05, 3.63) is 77.0 Å². The molecule has 8 heteroatoms. The van der Waals surface area contributed by atoms with E-state index in [9.17, 15) is 13.2 Å². The minimum atomic E-state index is -3.88. The molecular formula is C19H19N3O4S. The first-order chi connectivity index (χ1) is 12.8. The number of hydrogen-bond donors (Lipinski definition) is 2. The minimum absolute atomic E-state index is 0.0360. The molecule has 3 aromatic rings. The fourth-order valence-electron chi connectivity index (χ4n) is 2.41. The maximum atomic E-state index is 12.5. The highest BCUT2D eigenvalue weighted by Gasteiger charge is 2.18. The molecule has 2 aromatic carbocycles. The van der Waals surface area contributed by atoms with Gasteiger partial charge in [-0.15, -0.1) is 0 Å². The summed E-state index contributed by atoms with van der Waals surface area (Å²) in [5.74, 6) is 0.212. The molecule has 1 aromatic heterocycles. The summed E-state index contributed by atoms with van der Waals surface area (Å²) in [5.41, 5.74) is 2.35. The van der Waals surface area contributed by atoms with Crippen molar-refractivity contribution in [1.29, 1.82) is 0 Å². The number of anilines is 1. The standard InChI is InChI=1S/C19H19N3O4S/c1-13-6-8-15(9-7-13)12-20-19(23)16-4-3-5-17(11-16)27(24,25)22-18-10-14(2)26-21-18/h3-11H,12H2,1-2H3,(H,20,23)(H,21,22). The third kappa shape index (κ3) is 4.73.